The van der Waals surface area contributed by atoms with Crippen molar-refractivity contribution in [2.45, 2.75) is 39.8 Å². The van der Waals surface area contributed by atoms with Crippen LogP contribution < -0.4 is 5.32 Å². The maximum atomic E-state index is 4.53. The minimum atomic E-state index is 0.309. The molecule has 0 amide bonds. The first kappa shape index (κ1) is 13.8. The summed E-state index contributed by atoms with van der Waals surface area (Å²) in [5.74, 6) is 0. The zero-order chi connectivity index (χ0) is 13.8. The predicted molar refractivity (Wildman–Crippen MR) is 79.3 cm³/mol. The highest BCUT2D eigenvalue weighted by Gasteiger charge is 2.15. The number of aromatic nitrogens is 2. The minimum Gasteiger partial charge on any atom is -0.311 e. The smallest absolute Gasteiger partial charge is 0.0597 e. The minimum absolute atomic E-state index is 0.309. The zero-order valence-electron chi connectivity index (χ0n) is 12.3. The number of nitrogens with one attached hydrogen (secondary N) is 1. The largest absolute Gasteiger partial charge is 0.311 e. The highest BCUT2D eigenvalue weighted by atomic mass is 15.3. The van der Waals surface area contributed by atoms with Gasteiger partial charge in [0.05, 0.1) is 17.4 Å². The number of hydrogen-bond donors (Lipinski definition) is 1. The van der Waals surface area contributed by atoms with Crippen LogP contribution >= 0.6 is 0 Å². The third kappa shape index (κ3) is 3.24. The van der Waals surface area contributed by atoms with E-state index in [0.29, 0.717) is 6.04 Å². The molecular weight excluding hydrogens is 234 g/mol. The maximum absolute atomic E-state index is 4.53. The molecule has 0 aliphatic heterocycles. The maximum Gasteiger partial charge on any atom is 0.0597 e. The van der Waals surface area contributed by atoms with E-state index in [1.807, 2.05) is 14.0 Å². The van der Waals surface area contributed by atoms with Crippen molar-refractivity contribution in [3.63, 3.8) is 0 Å². The molecule has 102 valence electrons. The van der Waals surface area contributed by atoms with Crippen molar-refractivity contribution in [2.24, 2.45) is 0 Å². The van der Waals surface area contributed by atoms with Crippen molar-refractivity contribution < 1.29 is 0 Å². The van der Waals surface area contributed by atoms with Crippen LogP contribution in [0.2, 0.25) is 0 Å². The SMILES string of the molecule is CCn1nc(C)cc1C(Cc1ccc(C)cc1)NC. The molecule has 1 aromatic carbocycles. The van der Waals surface area contributed by atoms with Gasteiger partial charge in [-0.3, -0.25) is 4.68 Å². The lowest BCUT2D eigenvalue weighted by Crippen LogP contribution is -2.22. The molecule has 0 saturated heterocycles. The molecule has 0 saturated carbocycles. The summed E-state index contributed by atoms with van der Waals surface area (Å²) in [6.45, 7) is 7.22. The Morgan fingerprint density at radius 1 is 1.21 bits per heavy atom. The van der Waals surface area contributed by atoms with E-state index >= 15 is 0 Å². The van der Waals surface area contributed by atoms with Crippen LogP contribution in [0.15, 0.2) is 30.3 Å². The van der Waals surface area contributed by atoms with E-state index in [4.69, 9.17) is 0 Å². The van der Waals surface area contributed by atoms with Gasteiger partial charge in [-0.05, 0) is 45.9 Å². The second-order valence-corrected chi connectivity index (χ2v) is 5.06. The molecule has 1 aromatic heterocycles. The normalized spacial score (nSPS) is 12.6. The molecule has 0 bridgehead atoms. The van der Waals surface area contributed by atoms with Gasteiger partial charge in [0.1, 0.15) is 0 Å². The van der Waals surface area contributed by atoms with Gasteiger partial charge in [0.2, 0.25) is 0 Å². The van der Waals surface area contributed by atoms with Crippen LogP contribution in [0, 0.1) is 13.8 Å². The monoisotopic (exact) mass is 257 g/mol. The van der Waals surface area contributed by atoms with Gasteiger partial charge in [-0.1, -0.05) is 29.8 Å². The molecule has 3 nitrogen and oxygen atoms in total. The molecule has 0 aliphatic carbocycles. The number of hydrogen-bond acceptors (Lipinski definition) is 2. The highest BCUT2D eigenvalue weighted by Crippen LogP contribution is 2.19. The molecule has 3 heteroatoms. The first-order chi connectivity index (χ1) is 9.13. The summed E-state index contributed by atoms with van der Waals surface area (Å²) in [5.41, 5.74) is 5.01. The Balaban J connectivity index is 2.22. The van der Waals surface area contributed by atoms with Gasteiger partial charge in [0, 0.05) is 6.54 Å². The van der Waals surface area contributed by atoms with Gasteiger partial charge in [-0.2, -0.15) is 5.10 Å². The summed E-state index contributed by atoms with van der Waals surface area (Å²) < 4.78 is 2.09. The summed E-state index contributed by atoms with van der Waals surface area (Å²) in [7, 11) is 2.02. The summed E-state index contributed by atoms with van der Waals surface area (Å²) in [6, 6.07) is 11.2. The lowest BCUT2D eigenvalue weighted by molar-refractivity contribution is 0.512. The highest BCUT2D eigenvalue weighted by molar-refractivity contribution is 5.24. The fourth-order valence-corrected chi connectivity index (χ4v) is 2.41. The third-order valence-corrected chi connectivity index (χ3v) is 3.50. The van der Waals surface area contributed by atoms with Gasteiger partial charge in [0.25, 0.3) is 0 Å². The van der Waals surface area contributed by atoms with Crippen LogP contribution in [0.3, 0.4) is 0 Å². The molecule has 0 fully saturated rings. The third-order valence-electron chi connectivity index (χ3n) is 3.50. The molecule has 1 heterocycles. The fraction of sp³-hybridized carbons (Fsp3) is 0.438. The van der Waals surface area contributed by atoms with Crippen molar-refractivity contribution in [3.8, 4) is 0 Å². The van der Waals surface area contributed by atoms with Crippen molar-refractivity contribution >= 4 is 0 Å². The predicted octanol–water partition coefficient (Wildman–Crippen LogP) is 3.02. The topological polar surface area (TPSA) is 29.9 Å². The van der Waals surface area contributed by atoms with Gasteiger partial charge >= 0.3 is 0 Å². The fourth-order valence-electron chi connectivity index (χ4n) is 2.41. The van der Waals surface area contributed by atoms with E-state index in [1.165, 1.54) is 16.8 Å². The number of nitrogens with zero attached hydrogens (tertiary/aromatic N) is 2. The molecule has 1 atom stereocenters. The van der Waals surface area contributed by atoms with E-state index in [2.05, 4.69) is 59.3 Å². The van der Waals surface area contributed by atoms with Gasteiger partial charge in [0.15, 0.2) is 0 Å². The molecule has 2 rings (SSSR count). The molecule has 0 spiro atoms. The first-order valence-corrected chi connectivity index (χ1v) is 6.91. The lowest BCUT2D eigenvalue weighted by Gasteiger charge is -2.17. The van der Waals surface area contributed by atoms with Crippen molar-refractivity contribution in [1.82, 2.24) is 15.1 Å². The Labute approximate surface area is 115 Å². The van der Waals surface area contributed by atoms with E-state index in [-0.39, 0.29) is 0 Å². The van der Waals surface area contributed by atoms with Gasteiger partial charge < -0.3 is 5.32 Å². The molecule has 1 N–H and O–H groups in total. The number of rotatable bonds is 5. The van der Waals surface area contributed by atoms with E-state index in [0.717, 1.165) is 18.7 Å². The Hall–Kier alpha value is -1.61. The second kappa shape index (κ2) is 6.02. The molecule has 0 radical (unpaired) electrons. The van der Waals surface area contributed by atoms with Crippen LogP contribution in [-0.2, 0) is 13.0 Å². The van der Waals surface area contributed by atoms with Gasteiger partial charge in [-0.15, -0.1) is 0 Å². The number of benzene rings is 1. The van der Waals surface area contributed by atoms with E-state index in [1.54, 1.807) is 0 Å². The molecule has 19 heavy (non-hydrogen) atoms. The van der Waals surface area contributed by atoms with Crippen LogP contribution in [0.5, 0.6) is 0 Å². The van der Waals surface area contributed by atoms with E-state index in [9.17, 15) is 0 Å². The molecule has 1 unspecified atom stereocenters. The van der Waals surface area contributed by atoms with Crippen LogP contribution in [0.4, 0.5) is 0 Å². The van der Waals surface area contributed by atoms with Crippen molar-refractivity contribution in [2.75, 3.05) is 7.05 Å². The number of likely N-dealkylation sites (N-methyl/N-ethyl adjacent to an activating group) is 1. The Bertz CT molecular complexity index is 525. The summed E-state index contributed by atoms with van der Waals surface area (Å²) in [6.07, 6.45) is 0.988. The van der Waals surface area contributed by atoms with Crippen LogP contribution in [0.25, 0.3) is 0 Å². The zero-order valence-corrected chi connectivity index (χ0v) is 12.3. The number of aryl methyl sites for hydroxylation is 3. The standard InChI is InChI=1S/C16H23N3/c1-5-19-16(10-13(3)18-19)15(17-4)11-14-8-6-12(2)7-9-14/h6-10,15,17H,5,11H2,1-4H3. The van der Waals surface area contributed by atoms with Crippen molar-refractivity contribution in [1.29, 1.82) is 0 Å². The Morgan fingerprint density at radius 3 is 2.47 bits per heavy atom. The Morgan fingerprint density at radius 2 is 1.89 bits per heavy atom. The lowest BCUT2D eigenvalue weighted by atomic mass is 10.0. The Kier molecular flexibility index (Phi) is 4.38. The quantitative estimate of drug-likeness (QED) is 0.892. The van der Waals surface area contributed by atoms with Gasteiger partial charge in [-0.25, -0.2) is 0 Å². The molecule has 2 aromatic rings. The van der Waals surface area contributed by atoms with Crippen LogP contribution in [0.1, 0.15) is 35.5 Å². The summed E-state index contributed by atoms with van der Waals surface area (Å²) >= 11 is 0. The summed E-state index contributed by atoms with van der Waals surface area (Å²) in [5, 5.41) is 7.94. The first-order valence-electron chi connectivity index (χ1n) is 6.91. The van der Waals surface area contributed by atoms with Crippen LogP contribution in [-0.4, -0.2) is 16.8 Å². The molecule has 0 aliphatic rings. The van der Waals surface area contributed by atoms with E-state index < -0.39 is 0 Å². The summed E-state index contributed by atoms with van der Waals surface area (Å²) in [4.78, 5) is 0. The van der Waals surface area contributed by atoms with Crippen molar-refractivity contribution in [3.05, 3.63) is 52.8 Å². The average molecular weight is 257 g/mol. The molecular formula is C16H23N3. The second-order valence-electron chi connectivity index (χ2n) is 5.06. The average Bonchev–Trinajstić information content (AvgIpc) is 2.79.